The number of hydrogen-bond donors (Lipinski definition) is 2. The van der Waals surface area contributed by atoms with Gasteiger partial charge in [0.15, 0.2) is 0 Å². The number of hydrogen-bond acceptors (Lipinski definition) is 1. The minimum Gasteiger partial charge on any atom is -0.478 e. The zero-order chi connectivity index (χ0) is 25.2. The number of benzene rings is 3. The van der Waals surface area contributed by atoms with E-state index in [9.17, 15) is 18.0 Å². The normalized spacial score (nSPS) is 12.8. The molecule has 0 aliphatic rings. The maximum Gasteiger partial charge on any atom is 0.416 e. The molecule has 1 heterocycles. The maximum absolute atomic E-state index is 14.0. The molecule has 35 heavy (non-hydrogen) atoms. The highest BCUT2D eigenvalue weighted by Gasteiger charge is 2.34. The van der Waals surface area contributed by atoms with E-state index in [0.29, 0.717) is 34.4 Å². The van der Waals surface area contributed by atoms with Crippen LogP contribution in [0.1, 0.15) is 41.3 Å². The summed E-state index contributed by atoms with van der Waals surface area (Å²) < 4.78 is 42.7. The summed E-state index contributed by atoms with van der Waals surface area (Å²) in [6, 6.07) is 20.3. The average Bonchev–Trinajstić information content (AvgIpc) is 3.17. The van der Waals surface area contributed by atoms with Crippen molar-refractivity contribution in [3.63, 3.8) is 0 Å². The van der Waals surface area contributed by atoms with Crippen molar-refractivity contribution >= 4 is 50.0 Å². The SMILES string of the molecule is CC/C(=C(/c1ccc(/C=C/C(=O)O)cc1)c1[nH]c2ccccc2c1Br)c1ccccc1C(F)(F)F. The highest BCUT2D eigenvalue weighted by atomic mass is 79.9. The number of aromatic amines is 1. The molecular formula is C28H21BrF3NO2. The summed E-state index contributed by atoms with van der Waals surface area (Å²) in [5.41, 5.74) is 3.51. The van der Waals surface area contributed by atoms with E-state index in [4.69, 9.17) is 5.11 Å². The Hall–Kier alpha value is -3.58. The van der Waals surface area contributed by atoms with Gasteiger partial charge in [0.1, 0.15) is 0 Å². The molecule has 0 aliphatic heterocycles. The third-order valence-corrected chi connectivity index (χ3v) is 6.55. The number of para-hydroxylation sites is 1. The van der Waals surface area contributed by atoms with Crippen molar-refractivity contribution in [2.45, 2.75) is 19.5 Å². The first-order valence-electron chi connectivity index (χ1n) is 10.9. The van der Waals surface area contributed by atoms with Crippen LogP contribution in [0, 0.1) is 0 Å². The van der Waals surface area contributed by atoms with Gasteiger partial charge in [-0.1, -0.05) is 67.6 Å². The molecule has 4 rings (SSSR count). The van der Waals surface area contributed by atoms with Gasteiger partial charge in [-0.2, -0.15) is 13.2 Å². The Bertz CT molecular complexity index is 1450. The van der Waals surface area contributed by atoms with Crippen molar-refractivity contribution in [3.8, 4) is 0 Å². The van der Waals surface area contributed by atoms with Gasteiger partial charge in [-0.3, -0.25) is 0 Å². The molecule has 4 aromatic rings. The second kappa shape index (κ2) is 9.96. The Kier molecular flexibility index (Phi) is 6.98. The Morgan fingerprint density at radius 1 is 1.00 bits per heavy atom. The Morgan fingerprint density at radius 3 is 2.29 bits per heavy atom. The second-order valence-electron chi connectivity index (χ2n) is 7.90. The molecule has 2 N–H and O–H groups in total. The first kappa shape index (κ1) is 24.5. The van der Waals surface area contributed by atoms with E-state index in [1.807, 2.05) is 31.2 Å². The molecule has 3 nitrogen and oxygen atoms in total. The van der Waals surface area contributed by atoms with E-state index in [2.05, 4.69) is 20.9 Å². The predicted octanol–water partition coefficient (Wildman–Crippen LogP) is 8.42. The number of alkyl halides is 3. The molecule has 0 saturated heterocycles. The number of aliphatic carboxylic acids is 1. The van der Waals surface area contributed by atoms with E-state index >= 15 is 0 Å². The number of aromatic nitrogens is 1. The van der Waals surface area contributed by atoms with Crippen molar-refractivity contribution in [1.82, 2.24) is 4.98 Å². The van der Waals surface area contributed by atoms with Crippen molar-refractivity contribution in [2.75, 3.05) is 0 Å². The van der Waals surface area contributed by atoms with E-state index in [1.54, 1.807) is 30.3 Å². The van der Waals surface area contributed by atoms with Gasteiger partial charge in [0.25, 0.3) is 0 Å². The molecule has 0 amide bonds. The lowest BCUT2D eigenvalue weighted by molar-refractivity contribution is -0.137. The topological polar surface area (TPSA) is 53.1 Å². The first-order valence-corrected chi connectivity index (χ1v) is 11.7. The van der Waals surface area contributed by atoms with Crippen LogP contribution in [0.15, 0.2) is 83.3 Å². The van der Waals surface area contributed by atoms with Crippen LogP contribution in [0.2, 0.25) is 0 Å². The van der Waals surface area contributed by atoms with E-state index in [-0.39, 0.29) is 5.56 Å². The lowest BCUT2D eigenvalue weighted by Gasteiger charge is -2.19. The van der Waals surface area contributed by atoms with Gasteiger partial charge < -0.3 is 10.1 Å². The van der Waals surface area contributed by atoms with Crippen molar-refractivity contribution in [2.24, 2.45) is 0 Å². The molecule has 1 aromatic heterocycles. The van der Waals surface area contributed by atoms with Crippen LogP contribution in [0.25, 0.3) is 28.1 Å². The van der Waals surface area contributed by atoms with Crippen LogP contribution < -0.4 is 0 Å². The largest absolute Gasteiger partial charge is 0.478 e. The summed E-state index contributed by atoms with van der Waals surface area (Å²) in [6.07, 6.45) is -1.65. The van der Waals surface area contributed by atoms with Crippen LogP contribution in [0.4, 0.5) is 13.2 Å². The number of H-pyrrole nitrogens is 1. The monoisotopic (exact) mass is 539 g/mol. The van der Waals surface area contributed by atoms with Crippen LogP contribution in [-0.2, 0) is 11.0 Å². The number of carbonyl (C=O) groups is 1. The van der Waals surface area contributed by atoms with E-state index in [0.717, 1.165) is 27.5 Å². The molecule has 178 valence electrons. The fraction of sp³-hybridized carbons (Fsp3) is 0.107. The fourth-order valence-corrected chi connectivity index (χ4v) is 4.82. The fourth-order valence-electron chi connectivity index (χ4n) is 4.17. The van der Waals surface area contributed by atoms with Crippen LogP contribution in [0.3, 0.4) is 0 Å². The zero-order valence-corrected chi connectivity index (χ0v) is 20.2. The molecule has 0 spiro atoms. The third-order valence-electron chi connectivity index (χ3n) is 5.72. The summed E-state index contributed by atoms with van der Waals surface area (Å²) in [4.78, 5) is 14.2. The molecule has 7 heteroatoms. The zero-order valence-electron chi connectivity index (χ0n) is 18.7. The number of carboxylic acids is 1. The van der Waals surface area contributed by atoms with Gasteiger partial charge >= 0.3 is 12.1 Å². The standard InChI is InChI=1S/C28H21BrF3NO2/c1-2-19(20-7-3-5-9-22(20)28(30,31)32)25(18-14-11-17(12-15-18)13-16-24(34)35)27-26(29)21-8-4-6-10-23(21)33-27/h3-16,33H,2H2,1H3,(H,34,35)/b16-13+,25-19+. The van der Waals surface area contributed by atoms with Gasteiger partial charge in [0.2, 0.25) is 0 Å². The summed E-state index contributed by atoms with van der Waals surface area (Å²) in [5.74, 6) is -1.06. The molecule has 0 unspecified atom stereocenters. The Balaban J connectivity index is 2.02. The molecule has 0 bridgehead atoms. The van der Waals surface area contributed by atoms with E-state index in [1.165, 1.54) is 18.2 Å². The van der Waals surface area contributed by atoms with E-state index < -0.39 is 17.7 Å². The summed E-state index contributed by atoms with van der Waals surface area (Å²) in [6.45, 7) is 1.84. The lowest BCUT2D eigenvalue weighted by atomic mass is 9.88. The first-order chi connectivity index (χ1) is 16.7. The molecule has 3 aromatic carbocycles. The number of carboxylic acid groups (broad SMARTS) is 1. The molecule has 0 saturated carbocycles. The van der Waals surface area contributed by atoms with Crippen LogP contribution in [-0.4, -0.2) is 16.1 Å². The van der Waals surface area contributed by atoms with Gasteiger partial charge in [0, 0.05) is 22.6 Å². The minimum absolute atomic E-state index is 0.123. The van der Waals surface area contributed by atoms with Crippen molar-refractivity contribution in [1.29, 1.82) is 0 Å². The molecule has 0 radical (unpaired) electrons. The second-order valence-corrected chi connectivity index (χ2v) is 8.70. The maximum atomic E-state index is 14.0. The summed E-state index contributed by atoms with van der Waals surface area (Å²) in [7, 11) is 0. The highest BCUT2D eigenvalue weighted by molar-refractivity contribution is 9.10. The Labute approximate surface area is 208 Å². The predicted molar refractivity (Wildman–Crippen MR) is 137 cm³/mol. The number of halogens is 4. The smallest absolute Gasteiger partial charge is 0.416 e. The van der Waals surface area contributed by atoms with Crippen LogP contribution in [0.5, 0.6) is 0 Å². The number of rotatable bonds is 6. The quantitative estimate of drug-likeness (QED) is 0.191. The van der Waals surface area contributed by atoms with Crippen LogP contribution >= 0.6 is 15.9 Å². The van der Waals surface area contributed by atoms with Crippen molar-refractivity contribution in [3.05, 3.63) is 111 Å². The van der Waals surface area contributed by atoms with Gasteiger partial charge in [-0.05, 0) is 62.8 Å². The number of allylic oxidation sites excluding steroid dienone is 1. The molecular weight excluding hydrogens is 519 g/mol. The van der Waals surface area contributed by atoms with Gasteiger partial charge in [0.05, 0.1) is 15.7 Å². The molecule has 0 aliphatic carbocycles. The number of nitrogens with one attached hydrogen (secondary N) is 1. The van der Waals surface area contributed by atoms with Gasteiger partial charge in [-0.25, -0.2) is 4.79 Å². The average molecular weight is 540 g/mol. The third kappa shape index (κ3) is 5.10. The van der Waals surface area contributed by atoms with Gasteiger partial charge in [-0.15, -0.1) is 0 Å². The molecule has 0 atom stereocenters. The highest BCUT2D eigenvalue weighted by Crippen LogP contribution is 2.43. The lowest BCUT2D eigenvalue weighted by Crippen LogP contribution is -2.09. The molecule has 0 fully saturated rings. The summed E-state index contributed by atoms with van der Waals surface area (Å²) in [5, 5.41) is 9.81. The minimum atomic E-state index is -4.51. The summed E-state index contributed by atoms with van der Waals surface area (Å²) >= 11 is 3.67. The Morgan fingerprint density at radius 2 is 1.66 bits per heavy atom. The number of fused-ring (bicyclic) bond motifs is 1. The van der Waals surface area contributed by atoms with Crippen molar-refractivity contribution < 1.29 is 23.1 Å².